The highest BCUT2D eigenvalue weighted by molar-refractivity contribution is 5.80. The summed E-state index contributed by atoms with van der Waals surface area (Å²) in [4.78, 5) is 28.1. The van der Waals surface area contributed by atoms with Gasteiger partial charge >= 0.3 is 0 Å². The van der Waals surface area contributed by atoms with Crippen molar-refractivity contribution in [3.63, 3.8) is 0 Å². The van der Waals surface area contributed by atoms with Crippen LogP contribution in [0.4, 0.5) is 11.6 Å². The molecule has 0 saturated carbocycles. The van der Waals surface area contributed by atoms with Gasteiger partial charge in [-0.2, -0.15) is 5.10 Å². The first-order chi connectivity index (χ1) is 13.6. The van der Waals surface area contributed by atoms with Crippen LogP contribution in [0.1, 0.15) is 24.2 Å². The molecule has 1 atom stereocenters. The Morgan fingerprint density at radius 2 is 1.75 bits per heavy atom. The van der Waals surface area contributed by atoms with Gasteiger partial charge in [0.25, 0.3) is 0 Å². The van der Waals surface area contributed by atoms with E-state index in [1.165, 1.54) is 0 Å². The van der Waals surface area contributed by atoms with Crippen LogP contribution in [0.3, 0.4) is 0 Å². The van der Waals surface area contributed by atoms with Gasteiger partial charge in [0.05, 0.1) is 11.6 Å². The van der Waals surface area contributed by atoms with E-state index in [9.17, 15) is 4.79 Å². The smallest absolute Gasteiger partial charge is 0.227 e. The molecule has 2 aliphatic rings. The highest BCUT2D eigenvalue weighted by Crippen LogP contribution is 2.24. The van der Waals surface area contributed by atoms with Gasteiger partial charge in [-0.1, -0.05) is 0 Å². The van der Waals surface area contributed by atoms with Crippen molar-refractivity contribution >= 4 is 17.5 Å². The zero-order chi connectivity index (χ0) is 19.5. The second kappa shape index (κ2) is 8.08. The summed E-state index contributed by atoms with van der Waals surface area (Å²) in [5.41, 5.74) is 1.87. The van der Waals surface area contributed by atoms with Crippen LogP contribution < -0.4 is 9.80 Å². The van der Waals surface area contributed by atoms with Crippen molar-refractivity contribution in [3.8, 4) is 0 Å². The van der Waals surface area contributed by atoms with Crippen molar-refractivity contribution < 1.29 is 4.79 Å². The standard InChI is InChI=1S/C20H27N7O/c1-15-5-6-18(24-23-15)27-7-3-4-17(13-27)20(28)26-10-8-25(9-11-26)19-12-16(2)21-14-22-19/h5-6,12,14,17H,3-4,7-11,13H2,1-2H3. The number of aryl methyl sites for hydroxylation is 2. The van der Waals surface area contributed by atoms with E-state index in [-0.39, 0.29) is 11.8 Å². The minimum atomic E-state index is 0.0321. The van der Waals surface area contributed by atoms with Crippen molar-refractivity contribution in [1.82, 2.24) is 25.1 Å². The molecule has 4 rings (SSSR count). The number of aromatic nitrogens is 4. The maximum absolute atomic E-state index is 13.1. The van der Waals surface area contributed by atoms with Crippen LogP contribution in [-0.2, 0) is 4.79 Å². The first-order valence-corrected chi connectivity index (χ1v) is 9.98. The monoisotopic (exact) mass is 381 g/mol. The highest BCUT2D eigenvalue weighted by Gasteiger charge is 2.31. The maximum atomic E-state index is 13.1. The Kier molecular flexibility index (Phi) is 5.36. The largest absolute Gasteiger partial charge is 0.354 e. The van der Waals surface area contributed by atoms with E-state index in [1.54, 1.807) is 6.33 Å². The van der Waals surface area contributed by atoms with E-state index in [0.717, 1.165) is 75.1 Å². The van der Waals surface area contributed by atoms with Gasteiger partial charge in [-0.3, -0.25) is 4.79 Å². The van der Waals surface area contributed by atoms with Gasteiger partial charge in [-0.25, -0.2) is 9.97 Å². The number of hydrogen-bond donors (Lipinski definition) is 0. The quantitative estimate of drug-likeness (QED) is 0.796. The van der Waals surface area contributed by atoms with E-state index < -0.39 is 0 Å². The molecule has 2 aliphatic heterocycles. The molecule has 2 fully saturated rings. The number of piperazine rings is 1. The van der Waals surface area contributed by atoms with Gasteiger partial charge < -0.3 is 14.7 Å². The molecular weight excluding hydrogens is 354 g/mol. The molecule has 0 radical (unpaired) electrons. The summed E-state index contributed by atoms with van der Waals surface area (Å²) >= 11 is 0. The Morgan fingerprint density at radius 1 is 0.929 bits per heavy atom. The summed E-state index contributed by atoms with van der Waals surface area (Å²) in [6.07, 6.45) is 3.55. The van der Waals surface area contributed by atoms with Crippen molar-refractivity contribution in [2.45, 2.75) is 26.7 Å². The minimum absolute atomic E-state index is 0.0321. The summed E-state index contributed by atoms with van der Waals surface area (Å²) in [7, 11) is 0. The molecule has 1 amide bonds. The lowest BCUT2D eigenvalue weighted by Crippen LogP contribution is -2.53. The summed E-state index contributed by atoms with van der Waals surface area (Å²) in [6, 6.07) is 5.97. The Hall–Kier alpha value is -2.77. The fourth-order valence-electron chi connectivity index (χ4n) is 3.97. The molecule has 4 heterocycles. The summed E-state index contributed by atoms with van der Waals surface area (Å²) < 4.78 is 0. The third-order valence-electron chi connectivity index (χ3n) is 5.58. The fraction of sp³-hybridized carbons (Fsp3) is 0.550. The number of rotatable bonds is 3. The number of carbonyl (C=O) groups is 1. The maximum Gasteiger partial charge on any atom is 0.227 e. The number of carbonyl (C=O) groups excluding carboxylic acids is 1. The van der Waals surface area contributed by atoms with Crippen molar-refractivity contribution in [1.29, 1.82) is 0 Å². The van der Waals surface area contributed by atoms with Crippen molar-refractivity contribution in [2.75, 3.05) is 49.1 Å². The second-order valence-electron chi connectivity index (χ2n) is 7.65. The van der Waals surface area contributed by atoms with Crippen LogP contribution >= 0.6 is 0 Å². The van der Waals surface area contributed by atoms with E-state index in [0.29, 0.717) is 0 Å². The lowest BCUT2D eigenvalue weighted by atomic mass is 9.96. The molecule has 2 aromatic heterocycles. The SMILES string of the molecule is Cc1cc(N2CCN(C(=O)C3CCCN(c4ccc(C)nn4)C3)CC2)ncn1. The predicted octanol–water partition coefficient (Wildman–Crippen LogP) is 1.45. The average Bonchev–Trinajstić information content (AvgIpc) is 2.74. The molecule has 1 unspecified atom stereocenters. The molecule has 2 saturated heterocycles. The number of hydrogen-bond acceptors (Lipinski definition) is 7. The molecule has 0 aromatic carbocycles. The number of amides is 1. The van der Waals surface area contributed by atoms with Crippen LogP contribution in [0, 0.1) is 19.8 Å². The molecule has 0 bridgehead atoms. The zero-order valence-corrected chi connectivity index (χ0v) is 16.6. The Balaban J connectivity index is 1.35. The first-order valence-electron chi connectivity index (χ1n) is 9.98. The third-order valence-corrected chi connectivity index (χ3v) is 5.58. The van der Waals surface area contributed by atoms with E-state index in [1.807, 2.05) is 36.9 Å². The van der Waals surface area contributed by atoms with Crippen LogP contribution in [0.5, 0.6) is 0 Å². The van der Waals surface area contributed by atoms with E-state index in [2.05, 4.69) is 30.0 Å². The number of nitrogens with zero attached hydrogens (tertiary/aromatic N) is 7. The van der Waals surface area contributed by atoms with Gasteiger partial charge in [0.1, 0.15) is 12.1 Å². The summed E-state index contributed by atoms with van der Waals surface area (Å²) in [5, 5.41) is 8.45. The highest BCUT2D eigenvalue weighted by atomic mass is 16.2. The van der Waals surface area contributed by atoms with Crippen LogP contribution in [0.15, 0.2) is 24.5 Å². The number of anilines is 2. The van der Waals surface area contributed by atoms with Crippen molar-refractivity contribution in [2.24, 2.45) is 5.92 Å². The average molecular weight is 381 g/mol. The molecule has 8 heteroatoms. The van der Waals surface area contributed by atoms with Crippen LogP contribution in [-0.4, -0.2) is 70.2 Å². The Morgan fingerprint density at radius 3 is 2.46 bits per heavy atom. The zero-order valence-electron chi connectivity index (χ0n) is 16.6. The normalized spacial score (nSPS) is 20.4. The van der Waals surface area contributed by atoms with Gasteiger partial charge in [0.2, 0.25) is 5.91 Å². The van der Waals surface area contributed by atoms with Gasteiger partial charge in [-0.05, 0) is 38.8 Å². The Bertz CT molecular complexity index is 818. The van der Waals surface area contributed by atoms with Gasteiger partial charge in [0.15, 0.2) is 5.82 Å². The Labute approximate surface area is 165 Å². The summed E-state index contributed by atoms with van der Waals surface area (Å²) in [6.45, 7) is 8.65. The lowest BCUT2D eigenvalue weighted by Gasteiger charge is -2.39. The molecule has 2 aromatic rings. The lowest BCUT2D eigenvalue weighted by molar-refractivity contribution is -0.136. The molecule has 0 aliphatic carbocycles. The van der Waals surface area contributed by atoms with Gasteiger partial charge in [-0.15, -0.1) is 5.10 Å². The van der Waals surface area contributed by atoms with E-state index >= 15 is 0 Å². The molecule has 148 valence electrons. The third kappa shape index (κ3) is 4.05. The molecule has 0 N–H and O–H groups in total. The number of piperidine rings is 1. The minimum Gasteiger partial charge on any atom is -0.354 e. The second-order valence-corrected chi connectivity index (χ2v) is 7.65. The fourth-order valence-corrected chi connectivity index (χ4v) is 3.97. The molecule has 0 spiro atoms. The van der Waals surface area contributed by atoms with Gasteiger partial charge in [0, 0.05) is 51.0 Å². The van der Waals surface area contributed by atoms with Crippen LogP contribution in [0.2, 0.25) is 0 Å². The van der Waals surface area contributed by atoms with Crippen molar-refractivity contribution in [3.05, 3.63) is 35.9 Å². The van der Waals surface area contributed by atoms with Crippen LogP contribution in [0.25, 0.3) is 0 Å². The first kappa shape index (κ1) is 18.6. The van der Waals surface area contributed by atoms with E-state index in [4.69, 9.17) is 0 Å². The predicted molar refractivity (Wildman–Crippen MR) is 107 cm³/mol. The summed E-state index contributed by atoms with van der Waals surface area (Å²) in [5.74, 6) is 2.11. The molecular formula is C20H27N7O. The molecule has 28 heavy (non-hydrogen) atoms. The topological polar surface area (TPSA) is 78.4 Å². The molecule has 8 nitrogen and oxygen atoms in total.